The molecule has 4 aliphatic heterocycles. The van der Waals surface area contributed by atoms with Crippen molar-refractivity contribution in [2.75, 3.05) is 87.9 Å². The normalized spacial score (nSPS) is 28.1. The van der Waals surface area contributed by atoms with Gasteiger partial charge in [-0.15, -0.1) is 20.4 Å². The molecule has 5 aromatic heterocycles. The van der Waals surface area contributed by atoms with E-state index in [1.165, 1.54) is 15.9 Å². The number of aryl methyl sites for hydroxylation is 2. The van der Waals surface area contributed by atoms with Crippen LogP contribution < -0.4 is 20.4 Å². The summed E-state index contributed by atoms with van der Waals surface area (Å²) in [5, 5.41) is 76.8. The molecule has 0 radical (unpaired) electrons. The first-order valence-electron chi connectivity index (χ1n) is 22.5. The monoisotopic (exact) mass is 914 g/mol. The summed E-state index contributed by atoms with van der Waals surface area (Å²) < 4.78 is 15.9. The van der Waals surface area contributed by atoms with E-state index in [-0.39, 0.29) is 11.6 Å². The molecule has 0 saturated carbocycles. The maximum atomic E-state index is 11.4. The SMILES string of the molecule is CCn1nnc([C@H]2OC(n3cnc4c(NCCNc5cc(N6CC[C@@H](N(C)C)C6)cc6c5ncn6[C@@H]5O[C@H](c6nnn(CC)n6)[C@@H](O)[C@H]5O)nc(N5CC[C@@H](N(C)C)C5)nc43)[C@H](O)[C@@H]2O)n1. The van der Waals surface area contributed by atoms with E-state index < -0.39 is 49.1 Å². The van der Waals surface area contributed by atoms with Crippen molar-refractivity contribution in [2.45, 2.75) is 101 Å². The van der Waals surface area contributed by atoms with Crippen LogP contribution in [0.5, 0.6) is 0 Å². The quantitative estimate of drug-likeness (QED) is 0.0672. The van der Waals surface area contributed by atoms with Crippen molar-refractivity contribution in [1.82, 2.24) is 79.3 Å². The van der Waals surface area contributed by atoms with Crippen LogP contribution in [-0.4, -0.2) is 204 Å². The number of aromatic nitrogens is 14. The van der Waals surface area contributed by atoms with Crippen molar-refractivity contribution in [1.29, 1.82) is 0 Å². The number of fused-ring (bicyclic) bond motifs is 2. The number of nitrogens with one attached hydrogen (secondary N) is 2. The number of hydrogen-bond acceptors (Lipinski definition) is 22. The third-order valence-corrected chi connectivity index (χ3v) is 13.3. The van der Waals surface area contributed by atoms with Crippen LogP contribution in [0.4, 0.5) is 23.1 Å². The van der Waals surface area contributed by atoms with Gasteiger partial charge in [0.1, 0.15) is 29.9 Å². The van der Waals surface area contributed by atoms with Crippen LogP contribution in [0, 0.1) is 0 Å². The number of tetrazole rings is 2. The third kappa shape index (κ3) is 7.92. The number of hydrogen-bond donors (Lipinski definition) is 6. The fraction of sp³-hybridized carbons (Fsp3) is 0.650. The molecule has 1 unspecified atom stereocenters. The largest absolute Gasteiger partial charge is 0.387 e. The Morgan fingerprint density at radius 2 is 1.24 bits per heavy atom. The second-order valence-electron chi connectivity index (χ2n) is 17.8. The highest BCUT2D eigenvalue weighted by Crippen LogP contribution is 2.42. The summed E-state index contributed by atoms with van der Waals surface area (Å²) in [6, 6.07) is 4.85. The van der Waals surface area contributed by atoms with Gasteiger partial charge in [-0.1, -0.05) is 0 Å². The topological polar surface area (TPSA) is 285 Å². The van der Waals surface area contributed by atoms with Gasteiger partial charge >= 0.3 is 0 Å². The second kappa shape index (κ2) is 17.8. The Kier molecular flexibility index (Phi) is 11.9. The number of anilines is 4. The van der Waals surface area contributed by atoms with Crippen molar-refractivity contribution in [3.63, 3.8) is 0 Å². The molecule has 26 nitrogen and oxygen atoms in total. The Balaban J connectivity index is 0.927. The minimum absolute atomic E-state index is 0.170. The molecule has 4 saturated heterocycles. The van der Waals surface area contributed by atoms with Gasteiger partial charge in [-0.05, 0) is 77.4 Å². The first kappa shape index (κ1) is 44.1. The van der Waals surface area contributed by atoms with Gasteiger partial charge in [-0.2, -0.15) is 19.6 Å². The zero-order chi connectivity index (χ0) is 46.0. The van der Waals surface area contributed by atoms with Crippen LogP contribution >= 0.6 is 0 Å². The molecule has 9 heterocycles. The van der Waals surface area contributed by atoms with Gasteiger partial charge in [0.15, 0.2) is 41.6 Å². The van der Waals surface area contributed by atoms with Crippen LogP contribution in [0.15, 0.2) is 24.8 Å². The molecule has 0 amide bonds. The molecule has 4 fully saturated rings. The van der Waals surface area contributed by atoms with Gasteiger partial charge < -0.3 is 64.7 Å². The lowest BCUT2D eigenvalue weighted by molar-refractivity contribution is -0.0384. The average Bonchev–Trinajstić information content (AvgIpc) is 4.17. The fourth-order valence-corrected chi connectivity index (χ4v) is 9.33. The Labute approximate surface area is 379 Å². The van der Waals surface area contributed by atoms with Gasteiger partial charge in [0.25, 0.3) is 0 Å². The van der Waals surface area contributed by atoms with Gasteiger partial charge in [-0.3, -0.25) is 4.57 Å². The molecule has 0 aliphatic carbocycles. The van der Waals surface area contributed by atoms with Crippen LogP contribution in [0.1, 0.15) is 63.0 Å². The molecule has 0 bridgehead atoms. The first-order chi connectivity index (χ1) is 31.9. The van der Waals surface area contributed by atoms with Gasteiger partial charge in [-0.25, -0.2) is 9.97 Å². The summed E-state index contributed by atoms with van der Waals surface area (Å²) in [4.78, 5) is 31.2. The number of likely N-dealkylation sites (N-methyl/N-ethyl adjacent to an activating group) is 2. The standard InChI is InChI=1S/C40H58N20O6/c1-7-59-49-35(47-51-59)32-28(61)30(63)38(65-32)57-19-43-26-24(15-23(16-25(26)57)55-13-9-21(17-55)53(3)4)41-11-12-42-34-27-37(46-40(45-34)56-14-10-22(18-56)54(5)6)58(20-44-27)39-31(64)29(62)33(66-39)36-48-52-60(8-2)50-36/h15-16,19-22,28-33,38-39,41,61-64H,7-14,17-18H2,1-6H3,(H,42,45,46)/t21-,22-,28+,29+,30-,31-,32+,33+,38-,39?/m1/s1. The van der Waals surface area contributed by atoms with Crippen molar-refractivity contribution < 1.29 is 29.9 Å². The molecular formula is C40H58N20O6. The van der Waals surface area contributed by atoms with Crippen molar-refractivity contribution in [3.8, 4) is 0 Å². The van der Waals surface area contributed by atoms with Crippen LogP contribution in [0.3, 0.4) is 0 Å². The predicted octanol–water partition coefficient (Wildman–Crippen LogP) is -1.02. The Morgan fingerprint density at radius 1 is 0.682 bits per heavy atom. The van der Waals surface area contributed by atoms with Crippen molar-refractivity contribution >= 4 is 45.3 Å². The van der Waals surface area contributed by atoms with Gasteiger partial charge in [0.2, 0.25) is 17.6 Å². The number of nitrogens with zero attached hydrogens (tertiary/aromatic N) is 18. The summed E-state index contributed by atoms with van der Waals surface area (Å²) in [5.74, 6) is 1.35. The summed E-state index contributed by atoms with van der Waals surface area (Å²) in [7, 11) is 8.31. The lowest BCUT2D eigenvalue weighted by atomic mass is 10.1. The number of benzene rings is 1. The molecule has 66 heavy (non-hydrogen) atoms. The van der Waals surface area contributed by atoms with Crippen molar-refractivity contribution in [2.24, 2.45) is 0 Å². The zero-order valence-corrected chi connectivity index (χ0v) is 37.8. The maximum absolute atomic E-state index is 11.4. The number of rotatable bonds is 15. The van der Waals surface area contributed by atoms with Crippen molar-refractivity contribution in [3.05, 3.63) is 36.4 Å². The molecule has 6 N–H and O–H groups in total. The summed E-state index contributed by atoms with van der Waals surface area (Å²) in [6.07, 6.45) is -4.19. The molecule has 26 heteroatoms. The van der Waals surface area contributed by atoms with E-state index in [4.69, 9.17) is 29.4 Å². The minimum Gasteiger partial charge on any atom is -0.387 e. The molecule has 0 spiro atoms. The molecule has 4 aliphatic rings. The molecule has 354 valence electrons. The van der Waals surface area contributed by atoms with E-state index in [9.17, 15) is 20.4 Å². The summed E-state index contributed by atoms with van der Waals surface area (Å²) in [6.45, 7) is 8.74. The lowest BCUT2D eigenvalue weighted by Crippen LogP contribution is -2.32. The maximum Gasteiger partial charge on any atom is 0.229 e. The highest BCUT2D eigenvalue weighted by molar-refractivity contribution is 5.92. The zero-order valence-electron chi connectivity index (χ0n) is 37.8. The predicted molar refractivity (Wildman–Crippen MR) is 237 cm³/mol. The smallest absolute Gasteiger partial charge is 0.229 e. The molecule has 10 atom stereocenters. The molecule has 10 rings (SSSR count). The van der Waals surface area contributed by atoms with Crippen LogP contribution in [0.2, 0.25) is 0 Å². The van der Waals surface area contributed by atoms with E-state index >= 15 is 0 Å². The van der Waals surface area contributed by atoms with E-state index in [1.54, 1.807) is 15.5 Å². The third-order valence-electron chi connectivity index (χ3n) is 13.3. The molecule has 6 aromatic rings. The average molecular weight is 915 g/mol. The van der Waals surface area contributed by atoms with Gasteiger partial charge in [0.05, 0.1) is 36.9 Å². The van der Waals surface area contributed by atoms with Crippen LogP contribution in [-0.2, 0) is 22.6 Å². The Hall–Kier alpha value is -5.74. The Bertz CT molecular complexity index is 2470. The number of ether oxygens (including phenoxy) is 2. The first-order valence-corrected chi connectivity index (χ1v) is 22.5. The molecule has 1 aromatic carbocycles. The Morgan fingerprint density at radius 3 is 1.83 bits per heavy atom. The van der Waals surface area contributed by atoms with E-state index in [0.717, 1.165) is 50.4 Å². The highest BCUT2D eigenvalue weighted by atomic mass is 16.6. The van der Waals surface area contributed by atoms with E-state index in [2.05, 4.69) is 101 Å². The van der Waals surface area contributed by atoms with Gasteiger partial charge in [0, 0.05) is 57.0 Å². The minimum atomic E-state index is -1.34. The van der Waals surface area contributed by atoms with Crippen LogP contribution in [0.25, 0.3) is 22.2 Å². The number of aliphatic hydroxyl groups is 4. The van der Waals surface area contributed by atoms with E-state index in [1.807, 2.05) is 13.8 Å². The summed E-state index contributed by atoms with van der Waals surface area (Å²) >= 11 is 0. The summed E-state index contributed by atoms with van der Waals surface area (Å²) in [5.41, 5.74) is 3.99. The highest BCUT2D eigenvalue weighted by Gasteiger charge is 2.48. The fourth-order valence-electron chi connectivity index (χ4n) is 9.33. The second-order valence-corrected chi connectivity index (χ2v) is 17.8. The van der Waals surface area contributed by atoms with E-state index in [0.29, 0.717) is 72.2 Å². The molecular weight excluding hydrogens is 857 g/mol. The number of aliphatic hydroxyl groups excluding tert-OH is 4. The lowest BCUT2D eigenvalue weighted by Gasteiger charge is -2.24. The number of imidazole rings is 2.